The molecule has 5 nitrogen and oxygen atoms in total. The van der Waals surface area contributed by atoms with Crippen LogP contribution in [0.3, 0.4) is 0 Å². The standard InChI is InChI=1S/C16H16N2O3/c1-11(21-12(2)19)16(20)18-15-5-3-13(4-6-15)14-7-9-17-10-8-14/h3-11H,1-2H3,(H,18,20). The fourth-order valence-electron chi connectivity index (χ4n) is 1.84. The van der Waals surface area contributed by atoms with Crippen molar-refractivity contribution in [1.29, 1.82) is 0 Å². The molecule has 0 aliphatic rings. The molecule has 5 heteroatoms. The molecule has 0 bridgehead atoms. The smallest absolute Gasteiger partial charge is 0.303 e. The fraction of sp³-hybridized carbons (Fsp3) is 0.188. The first-order valence-corrected chi connectivity index (χ1v) is 6.55. The minimum absolute atomic E-state index is 0.359. The summed E-state index contributed by atoms with van der Waals surface area (Å²) in [6.07, 6.45) is 2.64. The molecular weight excluding hydrogens is 268 g/mol. The van der Waals surface area contributed by atoms with Crippen molar-refractivity contribution < 1.29 is 14.3 Å². The Bertz CT molecular complexity index is 624. The van der Waals surface area contributed by atoms with Crippen LogP contribution in [0, 0.1) is 0 Å². The minimum atomic E-state index is -0.817. The Kier molecular flexibility index (Phi) is 4.66. The van der Waals surface area contributed by atoms with E-state index < -0.39 is 12.1 Å². The van der Waals surface area contributed by atoms with Crippen molar-refractivity contribution in [3.8, 4) is 11.1 Å². The van der Waals surface area contributed by atoms with E-state index in [-0.39, 0.29) is 5.91 Å². The number of anilines is 1. The van der Waals surface area contributed by atoms with Crippen LogP contribution in [-0.4, -0.2) is 23.0 Å². The molecule has 0 fully saturated rings. The van der Waals surface area contributed by atoms with Crippen LogP contribution in [0.4, 0.5) is 5.69 Å². The predicted octanol–water partition coefficient (Wildman–Crippen LogP) is 2.64. The fourth-order valence-corrected chi connectivity index (χ4v) is 1.84. The summed E-state index contributed by atoms with van der Waals surface area (Å²) < 4.78 is 4.82. The van der Waals surface area contributed by atoms with Gasteiger partial charge in [-0.25, -0.2) is 0 Å². The van der Waals surface area contributed by atoms with Crippen LogP contribution < -0.4 is 5.32 Å². The highest BCUT2D eigenvalue weighted by Crippen LogP contribution is 2.20. The van der Waals surface area contributed by atoms with Gasteiger partial charge in [0.15, 0.2) is 6.10 Å². The van der Waals surface area contributed by atoms with Gasteiger partial charge in [-0.3, -0.25) is 14.6 Å². The average molecular weight is 284 g/mol. The molecule has 0 radical (unpaired) electrons. The van der Waals surface area contributed by atoms with E-state index in [9.17, 15) is 9.59 Å². The number of hydrogen-bond acceptors (Lipinski definition) is 4. The van der Waals surface area contributed by atoms with E-state index in [0.717, 1.165) is 11.1 Å². The predicted molar refractivity (Wildman–Crippen MR) is 79.5 cm³/mol. The number of carbonyl (C=O) groups excluding carboxylic acids is 2. The molecule has 1 unspecified atom stereocenters. The Morgan fingerprint density at radius 2 is 1.62 bits per heavy atom. The molecule has 2 rings (SSSR count). The van der Waals surface area contributed by atoms with Crippen LogP contribution in [0.25, 0.3) is 11.1 Å². The van der Waals surface area contributed by atoms with E-state index in [1.807, 2.05) is 24.3 Å². The summed E-state index contributed by atoms with van der Waals surface area (Å²) >= 11 is 0. The summed E-state index contributed by atoms with van der Waals surface area (Å²) in [6.45, 7) is 2.80. The third kappa shape index (κ3) is 4.14. The van der Waals surface area contributed by atoms with Crippen molar-refractivity contribution in [1.82, 2.24) is 4.98 Å². The lowest BCUT2D eigenvalue weighted by molar-refractivity contribution is -0.150. The maximum absolute atomic E-state index is 11.8. The van der Waals surface area contributed by atoms with Crippen LogP contribution in [-0.2, 0) is 14.3 Å². The first-order valence-electron chi connectivity index (χ1n) is 6.55. The number of carbonyl (C=O) groups is 2. The van der Waals surface area contributed by atoms with Gasteiger partial charge >= 0.3 is 5.97 Å². The third-order valence-corrected chi connectivity index (χ3v) is 2.88. The Balaban J connectivity index is 2.03. The summed E-state index contributed by atoms with van der Waals surface area (Å²) in [6, 6.07) is 11.2. The van der Waals surface area contributed by atoms with Gasteiger partial charge in [0.05, 0.1) is 0 Å². The first kappa shape index (κ1) is 14.7. The molecule has 0 aliphatic carbocycles. The van der Waals surface area contributed by atoms with E-state index >= 15 is 0 Å². The molecule has 1 heterocycles. The lowest BCUT2D eigenvalue weighted by atomic mass is 10.1. The van der Waals surface area contributed by atoms with Gasteiger partial charge < -0.3 is 10.1 Å². The number of amides is 1. The summed E-state index contributed by atoms with van der Waals surface area (Å²) in [5.41, 5.74) is 2.73. The van der Waals surface area contributed by atoms with Crippen molar-refractivity contribution in [3.05, 3.63) is 48.8 Å². The second-order valence-electron chi connectivity index (χ2n) is 4.55. The van der Waals surface area contributed by atoms with Gasteiger partial charge in [0.1, 0.15) is 0 Å². The summed E-state index contributed by atoms with van der Waals surface area (Å²) in [5.74, 6) is -0.840. The SMILES string of the molecule is CC(=O)OC(C)C(=O)Nc1ccc(-c2ccncc2)cc1. The maximum atomic E-state index is 11.8. The molecule has 1 aromatic heterocycles. The molecular formula is C16H16N2O3. The Labute approximate surface area is 123 Å². The molecule has 108 valence electrons. The zero-order valence-corrected chi connectivity index (χ0v) is 11.9. The topological polar surface area (TPSA) is 68.3 Å². The lowest BCUT2D eigenvalue weighted by Gasteiger charge is -2.12. The number of esters is 1. The molecule has 1 aromatic carbocycles. The zero-order chi connectivity index (χ0) is 15.2. The van der Waals surface area contributed by atoms with Gasteiger partial charge in [0, 0.05) is 25.0 Å². The maximum Gasteiger partial charge on any atom is 0.303 e. The number of aromatic nitrogens is 1. The Morgan fingerprint density at radius 3 is 2.19 bits per heavy atom. The van der Waals surface area contributed by atoms with Gasteiger partial charge in [-0.2, -0.15) is 0 Å². The second kappa shape index (κ2) is 6.65. The molecule has 1 amide bonds. The van der Waals surface area contributed by atoms with E-state index in [0.29, 0.717) is 5.69 Å². The highest BCUT2D eigenvalue weighted by molar-refractivity contribution is 5.95. The van der Waals surface area contributed by atoms with Crippen molar-refractivity contribution in [3.63, 3.8) is 0 Å². The summed E-state index contributed by atoms with van der Waals surface area (Å²) in [4.78, 5) is 26.6. The van der Waals surface area contributed by atoms with Crippen molar-refractivity contribution >= 4 is 17.6 Å². The minimum Gasteiger partial charge on any atom is -0.453 e. The zero-order valence-electron chi connectivity index (χ0n) is 11.9. The molecule has 0 spiro atoms. The highest BCUT2D eigenvalue weighted by Gasteiger charge is 2.15. The second-order valence-corrected chi connectivity index (χ2v) is 4.55. The Hall–Kier alpha value is -2.69. The molecule has 1 atom stereocenters. The number of nitrogens with zero attached hydrogens (tertiary/aromatic N) is 1. The quantitative estimate of drug-likeness (QED) is 0.876. The lowest BCUT2D eigenvalue weighted by Crippen LogP contribution is -2.29. The number of pyridine rings is 1. The molecule has 0 saturated heterocycles. The van der Waals surface area contributed by atoms with Crippen LogP contribution in [0.5, 0.6) is 0 Å². The van der Waals surface area contributed by atoms with Crippen LogP contribution in [0.2, 0.25) is 0 Å². The van der Waals surface area contributed by atoms with Gasteiger partial charge in [-0.15, -0.1) is 0 Å². The molecule has 1 N–H and O–H groups in total. The highest BCUT2D eigenvalue weighted by atomic mass is 16.5. The van der Waals surface area contributed by atoms with Gasteiger partial charge in [-0.05, 0) is 42.3 Å². The van der Waals surface area contributed by atoms with Crippen LogP contribution >= 0.6 is 0 Å². The Morgan fingerprint density at radius 1 is 1.05 bits per heavy atom. The summed E-state index contributed by atoms with van der Waals surface area (Å²) in [5, 5.41) is 2.70. The number of hydrogen-bond donors (Lipinski definition) is 1. The van der Waals surface area contributed by atoms with Crippen molar-refractivity contribution in [2.24, 2.45) is 0 Å². The summed E-state index contributed by atoms with van der Waals surface area (Å²) in [7, 11) is 0. The number of ether oxygens (including phenoxy) is 1. The monoisotopic (exact) mass is 284 g/mol. The number of nitrogens with one attached hydrogen (secondary N) is 1. The molecule has 0 saturated carbocycles. The van der Waals surface area contributed by atoms with Gasteiger partial charge in [0.25, 0.3) is 5.91 Å². The van der Waals surface area contributed by atoms with E-state index in [2.05, 4.69) is 10.3 Å². The largest absolute Gasteiger partial charge is 0.453 e. The normalized spacial score (nSPS) is 11.5. The van der Waals surface area contributed by atoms with Crippen LogP contribution in [0.1, 0.15) is 13.8 Å². The van der Waals surface area contributed by atoms with Crippen LogP contribution in [0.15, 0.2) is 48.8 Å². The average Bonchev–Trinajstić information content (AvgIpc) is 2.48. The van der Waals surface area contributed by atoms with E-state index in [1.54, 1.807) is 24.5 Å². The number of benzene rings is 1. The van der Waals surface area contributed by atoms with E-state index in [4.69, 9.17) is 4.74 Å². The van der Waals surface area contributed by atoms with E-state index in [1.165, 1.54) is 13.8 Å². The van der Waals surface area contributed by atoms with Crippen molar-refractivity contribution in [2.45, 2.75) is 20.0 Å². The molecule has 2 aromatic rings. The first-order chi connectivity index (χ1) is 10.1. The third-order valence-electron chi connectivity index (χ3n) is 2.88. The van der Waals surface area contributed by atoms with Crippen molar-refractivity contribution in [2.75, 3.05) is 5.32 Å². The molecule has 0 aliphatic heterocycles. The molecule has 21 heavy (non-hydrogen) atoms. The van der Waals surface area contributed by atoms with Gasteiger partial charge in [-0.1, -0.05) is 12.1 Å². The number of rotatable bonds is 4. The van der Waals surface area contributed by atoms with Gasteiger partial charge in [0.2, 0.25) is 0 Å².